The third-order valence-corrected chi connectivity index (χ3v) is 1.62. The lowest BCUT2D eigenvalue weighted by molar-refractivity contribution is 1.37. The van der Waals surface area contributed by atoms with Crippen molar-refractivity contribution in [3.8, 4) is 6.19 Å². The van der Waals surface area contributed by atoms with E-state index in [1.807, 2.05) is 24.3 Å². The molecule has 0 atom stereocenters. The SMILES string of the molecule is N#C/N=C1/C=c2ccccc2=N1. The van der Waals surface area contributed by atoms with Gasteiger partial charge in [0.25, 0.3) is 0 Å². The van der Waals surface area contributed by atoms with Gasteiger partial charge in [-0.1, -0.05) is 18.2 Å². The second-order valence-electron chi connectivity index (χ2n) is 2.38. The average molecular weight is 155 g/mol. The van der Waals surface area contributed by atoms with Crippen molar-refractivity contribution in [3.63, 3.8) is 0 Å². The van der Waals surface area contributed by atoms with Crippen LogP contribution >= 0.6 is 0 Å². The van der Waals surface area contributed by atoms with Gasteiger partial charge in [0.15, 0.2) is 5.84 Å². The van der Waals surface area contributed by atoms with Crippen LogP contribution in [0.4, 0.5) is 0 Å². The minimum Gasteiger partial charge on any atom is -0.228 e. The molecule has 0 amide bonds. The molecule has 1 aliphatic rings. The van der Waals surface area contributed by atoms with Crippen LogP contribution in [0.2, 0.25) is 0 Å². The highest BCUT2D eigenvalue weighted by atomic mass is 14.9. The maximum Gasteiger partial charge on any atom is 0.207 e. The summed E-state index contributed by atoms with van der Waals surface area (Å²) in [5.41, 5.74) is 0. The molecule has 1 heterocycles. The quantitative estimate of drug-likeness (QED) is 0.486. The molecule has 0 fully saturated rings. The van der Waals surface area contributed by atoms with Gasteiger partial charge in [0, 0.05) is 5.22 Å². The Labute approximate surface area is 69.0 Å². The molecule has 0 saturated carbocycles. The number of benzene rings is 1. The number of amidine groups is 1. The molecule has 0 radical (unpaired) electrons. The topological polar surface area (TPSA) is 48.5 Å². The summed E-state index contributed by atoms with van der Waals surface area (Å²) in [4.78, 5) is 7.65. The van der Waals surface area contributed by atoms with E-state index in [0.29, 0.717) is 5.84 Å². The maximum atomic E-state index is 8.29. The number of hydrogen-bond donors (Lipinski definition) is 0. The van der Waals surface area contributed by atoms with E-state index in [1.165, 1.54) is 0 Å². The highest BCUT2D eigenvalue weighted by molar-refractivity contribution is 6.10. The first kappa shape index (κ1) is 6.74. The molecule has 0 bridgehead atoms. The Kier molecular flexibility index (Phi) is 1.45. The van der Waals surface area contributed by atoms with E-state index in [4.69, 9.17) is 5.26 Å². The molecule has 1 aromatic carbocycles. The van der Waals surface area contributed by atoms with E-state index in [-0.39, 0.29) is 0 Å². The summed E-state index contributed by atoms with van der Waals surface area (Å²) in [6.45, 7) is 0. The Hall–Kier alpha value is -1.95. The fourth-order valence-corrected chi connectivity index (χ4v) is 1.11. The summed E-state index contributed by atoms with van der Waals surface area (Å²) in [7, 11) is 0. The molecule has 12 heavy (non-hydrogen) atoms. The van der Waals surface area contributed by atoms with Crippen molar-refractivity contribution in [2.45, 2.75) is 0 Å². The highest BCUT2D eigenvalue weighted by Gasteiger charge is 1.99. The van der Waals surface area contributed by atoms with Crippen molar-refractivity contribution in [2.75, 3.05) is 0 Å². The Balaban J connectivity index is 2.70. The van der Waals surface area contributed by atoms with Crippen LogP contribution in [0.1, 0.15) is 0 Å². The molecule has 1 aliphatic heterocycles. The van der Waals surface area contributed by atoms with Gasteiger partial charge < -0.3 is 0 Å². The number of nitriles is 1. The summed E-state index contributed by atoms with van der Waals surface area (Å²) in [6.07, 6.45) is 3.50. The molecule has 2 rings (SSSR count). The van der Waals surface area contributed by atoms with Crippen LogP contribution in [-0.2, 0) is 0 Å². The van der Waals surface area contributed by atoms with Crippen LogP contribution in [-0.4, -0.2) is 5.84 Å². The predicted molar refractivity (Wildman–Crippen MR) is 44.7 cm³/mol. The number of rotatable bonds is 0. The Bertz CT molecular complexity index is 454. The number of hydrogen-bond acceptors (Lipinski definition) is 2. The standard InChI is InChI=1S/C9H5N3/c10-6-11-9-5-7-3-1-2-4-8(7)12-9/h1-5H/b11-9-. The fraction of sp³-hybridized carbons (Fsp3) is 0. The van der Waals surface area contributed by atoms with Crippen molar-refractivity contribution >= 4 is 11.9 Å². The molecule has 0 N–H and O–H groups in total. The largest absolute Gasteiger partial charge is 0.228 e. The van der Waals surface area contributed by atoms with Gasteiger partial charge in [-0.25, -0.2) is 4.99 Å². The molecule has 0 saturated heterocycles. The molecule has 3 nitrogen and oxygen atoms in total. The number of fused-ring (bicyclic) bond motifs is 1. The summed E-state index contributed by atoms with van der Waals surface area (Å²) >= 11 is 0. The van der Waals surface area contributed by atoms with Crippen molar-refractivity contribution in [1.29, 1.82) is 5.26 Å². The smallest absolute Gasteiger partial charge is 0.207 e. The Morgan fingerprint density at radius 1 is 1.33 bits per heavy atom. The van der Waals surface area contributed by atoms with E-state index >= 15 is 0 Å². The Morgan fingerprint density at radius 2 is 2.17 bits per heavy atom. The predicted octanol–water partition coefficient (Wildman–Crippen LogP) is -0.0201. The number of nitrogens with zero attached hydrogens (tertiary/aromatic N) is 3. The van der Waals surface area contributed by atoms with Gasteiger partial charge in [-0.2, -0.15) is 10.3 Å². The van der Waals surface area contributed by atoms with E-state index in [2.05, 4.69) is 9.98 Å². The van der Waals surface area contributed by atoms with Crippen molar-refractivity contribution in [1.82, 2.24) is 0 Å². The summed E-state index contributed by atoms with van der Waals surface area (Å²) in [6, 6.07) is 7.68. The third kappa shape index (κ3) is 0.995. The molecule has 0 unspecified atom stereocenters. The van der Waals surface area contributed by atoms with Gasteiger partial charge >= 0.3 is 0 Å². The van der Waals surface area contributed by atoms with Gasteiger partial charge in [0.2, 0.25) is 6.19 Å². The van der Waals surface area contributed by atoms with Crippen LogP contribution < -0.4 is 10.6 Å². The molecule has 56 valence electrons. The minimum atomic E-state index is 0.485. The van der Waals surface area contributed by atoms with Gasteiger partial charge in [0.05, 0.1) is 5.36 Å². The lowest BCUT2D eigenvalue weighted by Crippen LogP contribution is -2.19. The molecular weight excluding hydrogens is 150 g/mol. The van der Waals surface area contributed by atoms with Gasteiger partial charge in [0.1, 0.15) is 0 Å². The monoisotopic (exact) mass is 155 g/mol. The van der Waals surface area contributed by atoms with Crippen LogP contribution in [0.5, 0.6) is 0 Å². The van der Waals surface area contributed by atoms with Gasteiger partial charge in [-0.3, -0.25) is 0 Å². The van der Waals surface area contributed by atoms with Crippen LogP contribution in [0.15, 0.2) is 34.3 Å². The van der Waals surface area contributed by atoms with Crippen LogP contribution in [0.25, 0.3) is 6.08 Å². The van der Waals surface area contributed by atoms with Crippen molar-refractivity contribution < 1.29 is 0 Å². The van der Waals surface area contributed by atoms with E-state index in [9.17, 15) is 0 Å². The molecule has 0 aromatic heterocycles. The number of aliphatic imine (C=N–C) groups is 1. The van der Waals surface area contributed by atoms with Crippen molar-refractivity contribution in [3.05, 3.63) is 34.8 Å². The molecule has 0 aliphatic carbocycles. The highest BCUT2D eigenvalue weighted by Crippen LogP contribution is 1.86. The Morgan fingerprint density at radius 3 is 2.92 bits per heavy atom. The minimum absolute atomic E-state index is 0.485. The second kappa shape index (κ2) is 2.59. The zero-order valence-corrected chi connectivity index (χ0v) is 6.23. The van der Waals surface area contributed by atoms with Gasteiger partial charge in [-0.05, 0) is 12.1 Å². The second-order valence-corrected chi connectivity index (χ2v) is 2.38. The lowest BCUT2D eigenvalue weighted by atomic mass is 10.3. The van der Waals surface area contributed by atoms with Crippen LogP contribution in [0.3, 0.4) is 0 Å². The van der Waals surface area contributed by atoms with Crippen molar-refractivity contribution in [2.24, 2.45) is 9.98 Å². The van der Waals surface area contributed by atoms with E-state index in [0.717, 1.165) is 10.6 Å². The fourth-order valence-electron chi connectivity index (χ4n) is 1.11. The van der Waals surface area contributed by atoms with Crippen LogP contribution in [0, 0.1) is 11.5 Å². The molecule has 3 heteroatoms. The van der Waals surface area contributed by atoms with Gasteiger partial charge in [-0.15, -0.1) is 0 Å². The molecule has 1 aromatic rings. The third-order valence-electron chi connectivity index (χ3n) is 1.62. The molecular formula is C9H5N3. The first-order chi connectivity index (χ1) is 5.90. The zero-order valence-electron chi connectivity index (χ0n) is 6.23. The first-order valence-corrected chi connectivity index (χ1v) is 3.52. The van der Waals surface area contributed by atoms with E-state index < -0.39 is 0 Å². The summed E-state index contributed by atoms with van der Waals surface area (Å²) in [5, 5.41) is 10.2. The summed E-state index contributed by atoms with van der Waals surface area (Å²) in [5.74, 6) is 0.485. The lowest BCUT2D eigenvalue weighted by Gasteiger charge is -1.77. The summed E-state index contributed by atoms with van der Waals surface area (Å²) < 4.78 is 0. The first-order valence-electron chi connectivity index (χ1n) is 3.52. The zero-order chi connectivity index (χ0) is 8.39. The number of para-hydroxylation sites is 1. The van der Waals surface area contributed by atoms with E-state index in [1.54, 1.807) is 12.3 Å². The maximum absolute atomic E-state index is 8.29. The normalized spacial score (nSPS) is 16.1. The average Bonchev–Trinajstić information content (AvgIpc) is 2.47. The molecule has 0 spiro atoms.